The summed E-state index contributed by atoms with van der Waals surface area (Å²) < 4.78 is 0. The molecule has 1 aliphatic heterocycles. The van der Waals surface area contributed by atoms with Gasteiger partial charge in [0.05, 0.1) is 0 Å². The van der Waals surface area contributed by atoms with Gasteiger partial charge in [-0.05, 0) is 61.8 Å². The molecule has 2 aliphatic rings. The number of nitrogens with one attached hydrogen (secondary N) is 1. The molecule has 0 saturated heterocycles. The fourth-order valence-electron chi connectivity index (χ4n) is 4.07. The Morgan fingerprint density at radius 2 is 1.79 bits per heavy atom. The Labute approximate surface area is 171 Å². The van der Waals surface area contributed by atoms with E-state index in [4.69, 9.17) is 0 Å². The van der Waals surface area contributed by atoms with Crippen molar-refractivity contribution in [1.82, 2.24) is 15.2 Å². The van der Waals surface area contributed by atoms with E-state index >= 15 is 0 Å². The van der Waals surface area contributed by atoms with Gasteiger partial charge in [-0.15, -0.1) is 0 Å². The second-order valence-electron chi connectivity index (χ2n) is 7.77. The number of aromatic nitrogens is 1. The predicted molar refractivity (Wildman–Crippen MR) is 113 cm³/mol. The lowest BCUT2D eigenvalue weighted by Gasteiger charge is -2.28. The molecule has 2 amide bonds. The zero-order valence-corrected chi connectivity index (χ0v) is 16.7. The summed E-state index contributed by atoms with van der Waals surface area (Å²) in [6.07, 6.45) is 8.82. The molecule has 2 heterocycles. The van der Waals surface area contributed by atoms with E-state index in [1.165, 1.54) is 29.5 Å². The number of carbonyl (C=O) groups is 2. The molecule has 1 aromatic carbocycles. The highest BCUT2D eigenvalue weighted by Gasteiger charge is 2.23. The molecule has 0 fully saturated rings. The number of allylic oxidation sites excluding steroid dienone is 1. The zero-order valence-electron chi connectivity index (χ0n) is 16.7. The van der Waals surface area contributed by atoms with Crippen molar-refractivity contribution in [3.05, 3.63) is 76.6 Å². The van der Waals surface area contributed by atoms with Crippen LogP contribution in [0, 0.1) is 0 Å². The average Bonchev–Trinajstić information content (AvgIpc) is 2.79. The normalized spacial score (nSPS) is 16.0. The molecule has 1 aromatic heterocycles. The topological polar surface area (TPSA) is 62.3 Å². The van der Waals surface area contributed by atoms with Crippen molar-refractivity contribution in [2.24, 2.45) is 0 Å². The zero-order chi connectivity index (χ0) is 20.1. The third-order valence-corrected chi connectivity index (χ3v) is 5.74. The molecule has 0 spiro atoms. The number of carbonyl (C=O) groups excluding carboxylic acids is 2. The maximum absolute atomic E-state index is 12.9. The number of rotatable bonds is 5. The van der Waals surface area contributed by atoms with E-state index in [1.807, 2.05) is 17.0 Å². The molecule has 4 rings (SSSR count). The standard InChI is InChI=1S/C24H27N3O2/c28-23(25-15-13-18-7-2-1-3-8-18)21-11-6-12-22(26-21)24(29)27-16-14-19-9-4-5-10-20(19)17-27/h4-7,9-12H,1-3,8,13-17H2,(H,25,28). The second kappa shape index (κ2) is 9.03. The average molecular weight is 389 g/mol. The van der Waals surface area contributed by atoms with Crippen molar-refractivity contribution in [1.29, 1.82) is 0 Å². The summed E-state index contributed by atoms with van der Waals surface area (Å²) in [5, 5.41) is 2.94. The van der Waals surface area contributed by atoms with Crippen LogP contribution in [0.3, 0.4) is 0 Å². The van der Waals surface area contributed by atoms with Crippen LogP contribution in [0.15, 0.2) is 54.1 Å². The van der Waals surface area contributed by atoms with Crippen molar-refractivity contribution in [2.45, 2.75) is 45.1 Å². The summed E-state index contributed by atoms with van der Waals surface area (Å²) in [7, 11) is 0. The molecule has 0 unspecified atom stereocenters. The number of pyridine rings is 1. The molecule has 0 saturated carbocycles. The van der Waals surface area contributed by atoms with Crippen LogP contribution in [-0.2, 0) is 13.0 Å². The molecule has 5 heteroatoms. The first kappa shape index (κ1) is 19.4. The van der Waals surface area contributed by atoms with E-state index in [0.29, 0.717) is 31.0 Å². The maximum atomic E-state index is 12.9. The molecule has 0 radical (unpaired) electrons. The van der Waals surface area contributed by atoms with Crippen molar-refractivity contribution in [2.75, 3.05) is 13.1 Å². The Bertz CT molecular complexity index is 935. The number of hydrogen-bond acceptors (Lipinski definition) is 3. The summed E-state index contributed by atoms with van der Waals surface area (Å²) >= 11 is 0. The molecular weight excluding hydrogens is 362 g/mol. The monoisotopic (exact) mass is 389 g/mol. The van der Waals surface area contributed by atoms with Crippen LogP contribution < -0.4 is 5.32 Å². The number of nitrogens with zero attached hydrogens (tertiary/aromatic N) is 2. The van der Waals surface area contributed by atoms with E-state index in [0.717, 1.165) is 25.7 Å². The molecule has 29 heavy (non-hydrogen) atoms. The summed E-state index contributed by atoms with van der Waals surface area (Å²) in [5.74, 6) is -0.346. The molecule has 5 nitrogen and oxygen atoms in total. The van der Waals surface area contributed by atoms with Crippen molar-refractivity contribution in [3.8, 4) is 0 Å². The third kappa shape index (κ3) is 4.73. The van der Waals surface area contributed by atoms with Crippen LogP contribution in [0.4, 0.5) is 0 Å². The first-order chi connectivity index (χ1) is 14.2. The van der Waals surface area contributed by atoms with Crippen molar-refractivity contribution < 1.29 is 9.59 Å². The second-order valence-corrected chi connectivity index (χ2v) is 7.77. The van der Waals surface area contributed by atoms with E-state index in [9.17, 15) is 9.59 Å². The van der Waals surface area contributed by atoms with Gasteiger partial charge in [-0.3, -0.25) is 9.59 Å². The highest BCUT2D eigenvalue weighted by Crippen LogP contribution is 2.21. The lowest BCUT2D eigenvalue weighted by molar-refractivity contribution is 0.0728. The van der Waals surface area contributed by atoms with Crippen LogP contribution >= 0.6 is 0 Å². The molecule has 0 bridgehead atoms. The number of hydrogen-bond donors (Lipinski definition) is 1. The van der Waals surface area contributed by atoms with Crippen LogP contribution in [0.2, 0.25) is 0 Å². The lowest BCUT2D eigenvalue weighted by Crippen LogP contribution is -2.36. The highest BCUT2D eigenvalue weighted by atomic mass is 16.2. The van der Waals surface area contributed by atoms with E-state index in [2.05, 4.69) is 28.5 Å². The smallest absolute Gasteiger partial charge is 0.272 e. The van der Waals surface area contributed by atoms with Gasteiger partial charge in [-0.1, -0.05) is 42.0 Å². The molecule has 1 aliphatic carbocycles. The molecule has 2 aromatic rings. The predicted octanol–water partition coefficient (Wildman–Crippen LogP) is 3.90. The number of fused-ring (bicyclic) bond motifs is 1. The maximum Gasteiger partial charge on any atom is 0.272 e. The van der Waals surface area contributed by atoms with Gasteiger partial charge in [0, 0.05) is 19.6 Å². The Kier molecular flexibility index (Phi) is 6.03. The highest BCUT2D eigenvalue weighted by molar-refractivity contribution is 5.96. The van der Waals surface area contributed by atoms with Crippen LogP contribution in [0.25, 0.3) is 0 Å². The summed E-state index contributed by atoms with van der Waals surface area (Å²) in [6.45, 7) is 1.86. The largest absolute Gasteiger partial charge is 0.350 e. The van der Waals surface area contributed by atoms with Gasteiger partial charge in [0.1, 0.15) is 11.4 Å². The van der Waals surface area contributed by atoms with Crippen molar-refractivity contribution >= 4 is 11.8 Å². The summed E-state index contributed by atoms with van der Waals surface area (Å²) in [6, 6.07) is 13.3. The Hall–Kier alpha value is -2.95. The first-order valence-electron chi connectivity index (χ1n) is 10.5. The van der Waals surface area contributed by atoms with E-state index < -0.39 is 0 Å². The molecule has 0 atom stereocenters. The van der Waals surface area contributed by atoms with Gasteiger partial charge in [-0.2, -0.15) is 0 Å². The van der Waals surface area contributed by atoms with Gasteiger partial charge in [-0.25, -0.2) is 4.98 Å². The SMILES string of the molecule is O=C(NCCC1=CCCCC1)c1cccc(C(=O)N2CCc3ccccc3C2)n1. The molecule has 150 valence electrons. The quantitative estimate of drug-likeness (QED) is 0.789. The fourth-order valence-corrected chi connectivity index (χ4v) is 4.07. The fraction of sp³-hybridized carbons (Fsp3) is 0.375. The van der Waals surface area contributed by atoms with Gasteiger partial charge in [0.25, 0.3) is 11.8 Å². The minimum atomic E-state index is -0.222. The van der Waals surface area contributed by atoms with Gasteiger partial charge >= 0.3 is 0 Å². The Morgan fingerprint density at radius 1 is 0.966 bits per heavy atom. The van der Waals surface area contributed by atoms with E-state index in [1.54, 1.807) is 18.2 Å². The minimum absolute atomic E-state index is 0.124. The summed E-state index contributed by atoms with van der Waals surface area (Å²) in [4.78, 5) is 31.6. The van der Waals surface area contributed by atoms with Crippen LogP contribution in [0.1, 0.15) is 64.2 Å². The van der Waals surface area contributed by atoms with Gasteiger partial charge in [0.2, 0.25) is 0 Å². The van der Waals surface area contributed by atoms with Crippen LogP contribution in [0.5, 0.6) is 0 Å². The van der Waals surface area contributed by atoms with E-state index in [-0.39, 0.29) is 11.8 Å². The molecular formula is C24H27N3O2. The number of amides is 2. The Morgan fingerprint density at radius 3 is 2.62 bits per heavy atom. The molecule has 1 N–H and O–H groups in total. The van der Waals surface area contributed by atoms with Gasteiger partial charge < -0.3 is 10.2 Å². The minimum Gasteiger partial charge on any atom is -0.350 e. The van der Waals surface area contributed by atoms with Gasteiger partial charge in [0.15, 0.2) is 0 Å². The van der Waals surface area contributed by atoms with Crippen molar-refractivity contribution in [3.63, 3.8) is 0 Å². The first-order valence-corrected chi connectivity index (χ1v) is 10.5. The summed E-state index contributed by atoms with van der Waals surface area (Å²) in [5.41, 5.74) is 4.53. The van der Waals surface area contributed by atoms with Crippen LogP contribution in [-0.4, -0.2) is 34.8 Å². The Balaban J connectivity index is 1.37. The number of benzene rings is 1. The third-order valence-electron chi connectivity index (χ3n) is 5.74. The lowest BCUT2D eigenvalue weighted by atomic mass is 9.97.